The predicted octanol–water partition coefficient (Wildman–Crippen LogP) is 2.04. The minimum atomic E-state index is -0.337. The number of aryl methyl sites for hydroxylation is 2. The van der Waals surface area contributed by atoms with Crippen molar-refractivity contribution in [2.75, 3.05) is 6.54 Å². The quantitative estimate of drug-likeness (QED) is 0.887. The van der Waals surface area contributed by atoms with Gasteiger partial charge >= 0.3 is 0 Å². The smallest absolute Gasteiger partial charge is 0.252 e. The number of aromatic nitrogens is 3. The van der Waals surface area contributed by atoms with E-state index in [9.17, 15) is 9.59 Å². The first-order chi connectivity index (χ1) is 11.5. The number of carbonyl (C=O) groups excluding carboxylic acids is 2. The number of hydrogen-bond acceptors (Lipinski definition) is 4. The zero-order chi connectivity index (χ0) is 18.9. The zero-order valence-electron chi connectivity index (χ0n) is 16.0. The molecule has 0 saturated heterocycles. The molecule has 0 aromatic carbocycles. The molecule has 0 unspecified atom stereocenters. The van der Waals surface area contributed by atoms with Crippen LogP contribution in [0.15, 0.2) is 6.07 Å². The molecule has 7 heteroatoms. The van der Waals surface area contributed by atoms with E-state index in [1.165, 1.54) is 0 Å². The fourth-order valence-electron chi connectivity index (χ4n) is 2.66. The summed E-state index contributed by atoms with van der Waals surface area (Å²) in [6.07, 6.45) is 0. The van der Waals surface area contributed by atoms with Crippen LogP contribution in [0.1, 0.15) is 62.3 Å². The van der Waals surface area contributed by atoms with E-state index in [0.717, 1.165) is 16.8 Å². The molecule has 0 radical (unpaired) electrons. The van der Waals surface area contributed by atoms with E-state index < -0.39 is 0 Å². The molecule has 0 aliphatic carbocycles. The summed E-state index contributed by atoms with van der Waals surface area (Å²) in [5, 5.41) is 10.6. The molecule has 2 heterocycles. The third-order valence-electron chi connectivity index (χ3n) is 3.75. The van der Waals surface area contributed by atoms with Crippen molar-refractivity contribution in [1.29, 1.82) is 0 Å². The molecule has 25 heavy (non-hydrogen) atoms. The molecule has 0 bridgehead atoms. The van der Waals surface area contributed by atoms with Crippen molar-refractivity contribution in [2.24, 2.45) is 7.05 Å². The number of rotatable bonds is 4. The van der Waals surface area contributed by atoms with Crippen LogP contribution in [-0.2, 0) is 11.8 Å². The van der Waals surface area contributed by atoms with Gasteiger partial charge in [0.05, 0.1) is 23.2 Å². The van der Waals surface area contributed by atoms with Gasteiger partial charge in [-0.05, 0) is 39.7 Å². The molecule has 136 valence electrons. The van der Waals surface area contributed by atoms with Crippen molar-refractivity contribution in [3.05, 3.63) is 23.0 Å². The summed E-state index contributed by atoms with van der Waals surface area (Å²) in [5.74, 6) is -0.344. The maximum atomic E-state index is 12.7. The summed E-state index contributed by atoms with van der Waals surface area (Å²) < 4.78 is 1.68. The van der Waals surface area contributed by atoms with Crippen LogP contribution in [0.25, 0.3) is 11.0 Å². The Balaban J connectivity index is 2.32. The predicted molar refractivity (Wildman–Crippen MR) is 97.6 cm³/mol. The average molecular weight is 345 g/mol. The summed E-state index contributed by atoms with van der Waals surface area (Å²) in [5.41, 5.74) is 2.40. The lowest BCUT2D eigenvalue weighted by Gasteiger charge is -2.20. The van der Waals surface area contributed by atoms with Gasteiger partial charge in [0, 0.05) is 18.3 Å². The molecule has 2 aromatic rings. The summed E-state index contributed by atoms with van der Waals surface area (Å²) in [6, 6.07) is 1.79. The van der Waals surface area contributed by atoms with Crippen LogP contribution in [0.2, 0.25) is 0 Å². The molecule has 2 rings (SSSR count). The average Bonchev–Trinajstić information content (AvgIpc) is 2.77. The van der Waals surface area contributed by atoms with Crippen molar-refractivity contribution >= 4 is 22.8 Å². The minimum absolute atomic E-state index is 0.0732. The number of carbonyl (C=O) groups is 2. The van der Waals surface area contributed by atoms with Crippen LogP contribution in [-0.4, -0.2) is 38.7 Å². The zero-order valence-corrected chi connectivity index (χ0v) is 16.0. The Morgan fingerprint density at radius 3 is 2.48 bits per heavy atom. The van der Waals surface area contributed by atoms with Gasteiger partial charge in [-0.3, -0.25) is 14.3 Å². The minimum Gasteiger partial charge on any atom is -0.350 e. The normalized spacial score (nSPS) is 11.8. The second kappa shape index (κ2) is 6.82. The maximum Gasteiger partial charge on any atom is 0.252 e. The standard InChI is InChI=1S/C18H27N5O2/c1-10(2)13-8-12(15-11(3)22-23(7)16(15)20-13)17(25)19-9-14(24)21-18(4,5)6/h8,10H,9H2,1-7H3,(H,19,25)(H,21,24). The maximum absolute atomic E-state index is 12.7. The van der Waals surface area contributed by atoms with Crippen molar-refractivity contribution in [3.8, 4) is 0 Å². The lowest BCUT2D eigenvalue weighted by Crippen LogP contribution is -2.45. The van der Waals surface area contributed by atoms with E-state index in [-0.39, 0.29) is 29.8 Å². The number of nitrogens with zero attached hydrogens (tertiary/aromatic N) is 3. The Morgan fingerprint density at radius 2 is 1.92 bits per heavy atom. The van der Waals surface area contributed by atoms with E-state index in [1.807, 2.05) is 48.6 Å². The Labute approximate surface area is 148 Å². The summed E-state index contributed by atoms with van der Waals surface area (Å²) in [6.45, 7) is 11.5. The highest BCUT2D eigenvalue weighted by atomic mass is 16.2. The summed E-state index contributed by atoms with van der Waals surface area (Å²) >= 11 is 0. The first kappa shape index (κ1) is 18.9. The Kier molecular flexibility index (Phi) is 5.15. The topological polar surface area (TPSA) is 88.9 Å². The molecule has 0 aliphatic heterocycles. The van der Waals surface area contributed by atoms with E-state index in [2.05, 4.69) is 20.7 Å². The van der Waals surface area contributed by atoms with Gasteiger partial charge in [0.2, 0.25) is 5.91 Å². The third kappa shape index (κ3) is 4.35. The molecule has 7 nitrogen and oxygen atoms in total. The van der Waals surface area contributed by atoms with E-state index in [0.29, 0.717) is 11.2 Å². The summed E-state index contributed by atoms with van der Waals surface area (Å²) in [7, 11) is 1.81. The van der Waals surface area contributed by atoms with Gasteiger partial charge in [-0.2, -0.15) is 5.10 Å². The van der Waals surface area contributed by atoms with Crippen LogP contribution in [0, 0.1) is 6.92 Å². The largest absolute Gasteiger partial charge is 0.350 e. The summed E-state index contributed by atoms with van der Waals surface area (Å²) in [4.78, 5) is 29.3. The van der Waals surface area contributed by atoms with Crippen molar-refractivity contribution in [1.82, 2.24) is 25.4 Å². The second-order valence-corrected chi connectivity index (χ2v) is 7.64. The highest BCUT2D eigenvalue weighted by Gasteiger charge is 2.20. The van der Waals surface area contributed by atoms with Crippen molar-refractivity contribution < 1.29 is 9.59 Å². The van der Waals surface area contributed by atoms with Gasteiger partial charge in [0.25, 0.3) is 5.91 Å². The number of fused-ring (bicyclic) bond motifs is 1. The Hall–Kier alpha value is -2.44. The second-order valence-electron chi connectivity index (χ2n) is 7.64. The van der Waals surface area contributed by atoms with Crippen molar-refractivity contribution in [2.45, 2.75) is 53.0 Å². The van der Waals surface area contributed by atoms with Gasteiger partial charge in [-0.25, -0.2) is 4.98 Å². The van der Waals surface area contributed by atoms with Gasteiger partial charge in [-0.15, -0.1) is 0 Å². The molecule has 2 amide bonds. The molecular weight excluding hydrogens is 318 g/mol. The van der Waals surface area contributed by atoms with Crippen LogP contribution in [0.4, 0.5) is 0 Å². The van der Waals surface area contributed by atoms with Gasteiger partial charge in [0.15, 0.2) is 5.65 Å². The van der Waals surface area contributed by atoms with Gasteiger partial charge in [0.1, 0.15) is 0 Å². The molecule has 0 saturated carbocycles. The number of pyridine rings is 1. The van der Waals surface area contributed by atoms with Crippen molar-refractivity contribution in [3.63, 3.8) is 0 Å². The lowest BCUT2D eigenvalue weighted by atomic mass is 10.0. The van der Waals surface area contributed by atoms with Crippen LogP contribution >= 0.6 is 0 Å². The van der Waals surface area contributed by atoms with Crippen LogP contribution < -0.4 is 10.6 Å². The lowest BCUT2D eigenvalue weighted by molar-refractivity contribution is -0.121. The number of hydrogen-bond donors (Lipinski definition) is 2. The molecule has 2 aromatic heterocycles. The molecular formula is C18H27N5O2. The SMILES string of the molecule is Cc1nn(C)c2nc(C(C)C)cc(C(=O)NCC(=O)NC(C)(C)C)c12. The first-order valence-electron chi connectivity index (χ1n) is 8.43. The number of amides is 2. The van der Waals surface area contributed by atoms with E-state index in [4.69, 9.17) is 0 Å². The molecule has 0 fully saturated rings. The van der Waals surface area contributed by atoms with Crippen LogP contribution in [0.3, 0.4) is 0 Å². The van der Waals surface area contributed by atoms with E-state index in [1.54, 1.807) is 10.7 Å². The molecule has 2 N–H and O–H groups in total. The molecule has 0 spiro atoms. The van der Waals surface area contributed by atoms with E-state index >= 15 is 0 Å². The monoisotopic (exact) mass is 345 g/mol. The van der Waals surface area contributed by atoms with Gasteiger partial charge < -0.3 is 10.6 Å². The highest BCUT2D eigenvalue weighted by Crippen LogP contribution is 2.24. The molecule has 0 atom stereocenters. The fourth-order valence-corrected chi connectivity index (χ4v) is 2.66. The highest BCUT2D eigenvalue weighted by molar-refractivity contribution is 6.07. The molecule has 0 aliphatic rings. The fraction of sp³-hybridized carbons (Fsp3) is 0.556. The van der Waals surface area contributed by atoms with Gasteiger partial charge in [-0.1, -0.05) is 13.8 Å². The first-order valence-corrected chi connectivity index (χ1v) is 8.43. The van der Waals surface area contributed by atoms with Crippen LogP contribution in [0.5, 0.6) is 0 Å². The Morgan fingerprint density at radius 1 is 1.28 bits per heavy atom. The third-order valence-corrected chi connectivity index (χ3v) is 3.75. The number of nitrogens with one attached hydrogen (secondary N) is 2. The Bertz CT molecular complexity index is 815.